The lowest BCUT2D eigenvalue weighted by atomic mass is 9.99. The van der Waals surface area contributed by atoms with E-state index in [0.717, 1.165) is 36.4 Å². The third-order valence-electron chi connectivity index (χ3n) is 5.36. The Morgan fingerprint density at radius 3 is 2.93 bits per heavy atom. The molecule has 1 aromatic heterocycles. The number of hydrogen-bond acceptors (Lipinski definition) is 5. The average molecular weight is 391 g/mol. The fourth-order valence-corrected chi connectivity index (χ4v) is 3.74. The van der Waals surface area contributed by atoms with Gasteiger partial charge in [-0.15, -0.1) is 5.10 Å². The standard InChI is InChI=1S/C22H25N5O2/c1-15-21(24-25-27(15)18-7-4-8-19(13-18)29-3)22(28)23-14-16-9-10-20-17(12-16)6-5-11-26(20)2/h4,7-10,12-13H,5-6,11,14H2,1-3H3,(H,23,28). The lowest BCUT2D eigenvalue weighted by molar-refractivity contribution is 0.0945. The van der Waals surface area contributed by atoms with Crippen molar-refractivity contribution in [2.45, 2.75) is 26.3 Å². The highest BCUT2D eigenvalue weighted by molar-refractivity contribution is 5.93. The highest BCUT2D eigenvalue weighted by Gasteiger charge is 2.18. The van der Waals surface area contributed by atoms with Crippen LogP contribution in [0.1, 0.15) is 33.7 Å². The van der Waals surface area contributed by atoms with Gasteiger partial charge in [0.2, 0.25) is 0 Å². The number of nitrogens with one attached hydrogen (secondary N) is 1. The van der Waals surface area contributed by atoms with Crippen molar-refractivity contribution >= 4 is 11.6 Å². The van der Waals surface area contributed by atoms with E-state index in [1.807, 2.05) is 31.2 Å². The van der Waals surface area contributed by atoms with E-state index in [1.54, 1.807) is 11.8 Å². The number of aryl methyl sites for hydroxylation is 1. The molecule has 0 saturated carbocycles. The highest BCUT2D eigenvalue weighted by atomic mass is 16.5. The molecule has 0 atom stereocenters. The van der Waals surface area contributed by atoms with Crippen LogP contribution in [0, 0.1) is 6.92 Å². The van der Waals surface area contributed by atoms with Crippen molar-refractivity contribution in [3.05, 3.63) is 65.0 Å². The van der Waals surface area contributed by atoms with Crippen LogP contribution < -0.4 is 15.0 Å². The van der Waals surface area contributed by atoms with Crippen LogP contribution in [-0.2, 0) is 13.0 Å². The Kier molecular flexibility index (Phi) is 5.20. The van der Waals surface area contributed by atoms with Gasteiger partial charge >= 0.3 is 0 Å². The molecule has 2 heterocycles. The van der Waals surface area contributed by atoms with Crippen molar-refractivity contribution in [3.8, 4) is 11.4 Å². The van der Waals surface area contributed by atoms with Gasteiger partial charge < -0.3 is 15.0 Å². The van der Waals surface area contributed by atoms with E-state index in [4.69, 9.17) is 4.74 Å². The predicted octanol–water partition coefficient (Wildman–Crippen LogP) is 2.90. The molecule has 7 nitrogen and oxygen atoms in total. The molecule has 3 aromatic rings. The SMILES string of the molecule is COc1cccc(-n2nnc(C(=O)NCc3ccc4c(c3)CCCN4C)c2C)c1. The number of anilines is 1. The number of hydrogen-bond donors (Lipinski definition) is 1. The van der Waals surface area contributed by atoms with Crippen LogP contribution in [0.2, 0.25) is 0 Å². The van der Waals surface area contributed by atoms with Gasteiger partial charge in [-0.1, -0.05) is 23.4 Å². The second kappa shape index (κ2) is 7.95. The van der Waals surface area contributed by atoms with E-state index in [2.05, 4.69) is 45.8 Å². The summed E-state index contributed by atoms with van der Waals surface area (Å²) in [5.74, 6) is 0.493. The number of rotatable bonds is 5. The zero-order chi connectivity index (χ0) is 20.4. The number of fused-ring (bicyclic) bond motifs is 1. The quantitative estimate of drug-likeness (QED) is 0.724. The molecule has 0 bridgehead atoms. The fourth-order valence-electron chi connectivity index (χ4n) is 3.74. The van der Waals surface area contributed by atoms with Crippen molar-refractivity contribution < 1.29 is 9.53 Å². The van der Waals surface area contributed by atoms with Gasteiger partial charge in [0, 0.05) is 31.9 Å². The van der Waals surface area contributed by atoms with Crippen molar-refractivity contribution in [1.29, 1.82) is 0 Å². The molecular formula is C22H25N5O2. The van der Waals surface area contributed by atoms with Crippen molar-refractivity contribution in [2.75, 3.05) is 25.6 Å². The lowest BCUT2D eigenvalue weighted by Gasteiger charge is -2.27. The van der Waals surface area contributed by atoms with Crippen molar-refractivity contribution in [3.63, 3.8) is 0 Å². The summed E-state index contributed by atoms with van der Waals surface area (Å²) in [5.41, 5.74) is 5.51. The number of aromatic nitrogens is 3. The molecule has 0 fully saturated rings. The minimum atomic E-state index is -0.230. The molecule has 2 aromatic carbocycles. The molecule has 0 saturated heterocycles. The largest absolute Gasteiger partial charge is 0.497 e. The fraction of sp³-hybridized carbons (Fsp3) is 0.318. The molecule has 0 radical (unpaired) electrons. The molecular weight excluding hydrogens is 366 g/mol. The summed E-state index contributed by atoms with van der Waals surface area (Å²) in [6, 6.07) is 13.9. The zero-order valence-corrected chi connectivity index (χ0v) is 17.0. The average Bonchev–Trinajstić information content (AvgIpc) is 3.13. The monoisotopic (exact) mass is 391 g/mol. The molecule has 7 heteroatoms. The molecule has 1 aliphatic heterocycles. The Morgan fingerprint density at radius 2 is 2.10 bits per heavy atom. The van der Waals surface area contributed by atoms with E-state index >= 15 is 0 Å². The number of carbonyl (C=O) groups excluding carboxylic acids is 1. The third kappa shape index (κ3) is 3.81. The van der Waals surface area contributed by atoms with Crippen LogP contribution >= 0.6 is 0 Å². The Bertz CT molecular complexity index is 1040. The van der Waals surface area contributed by atoms with Crippen molar-refractivity contribution in [1.82, 2.24) is 20.3 Å². The van der Waals surface area contributed by atoms with Crippen LogP contribution in [0.15, 0.2) is 42.5 Å². The number of benzene rings is 2. The molecule has 0 aliphatic carbocycles. The number of ether oxygens (including phenoxy) is 1. The minimum absolute atomic E-state index is 0.230. The maximum atomic E-state index is 12.7. The van der Waals surface area contributed by atoms with Gasteiger partial charge in [-0.05, 0) is 49.1 Å². The molecule has 29 heavy (non-hydrogen) atoms. The molecule has 4 rings (SSSR count). The predicted molar refractivity (Wildman–Crippen MR) is 112 cm³/mol. The summed E-state index contributed by atoms with van der Waals surface area (Å²) in [6.07, 6.45) is 2.24. The van der Waals surface area contributed by atoms with Crippen LogP contribution in [0.5, 0.6) is 5.75 Å². The zero-order valence-electron chi connectivity index (χ0n) is 17.0. The van der Waals surface area contributed by atoms with Gasteiger partial charge in [0.05, 0.1) is 18.5 Å². The molecule has 0 unspecified atom stereocenters. The maximum Gasteiger partial charge on any atom is 0.274 e. The molecule has 0 spiro atoms. The summed E-state index contributed by atoms with van der Waals surface area (Å²) >= 11 is 0. The van der Waals surface area contributed by atoms with Crippen molar-refractivity contribution in [2.24, 2.45) is 0 Å². The Balaban J connectivity index is 1.47. The first-order valence-electron chi connectivity index (χ1n) is 9.74. The maximum absolute atomic E-state index is 12.7. The third-order valence-corrected chi connectivity index (χ3v) is 5.36. The van der Waals surface area contributed by atoms with Gasteiger partial charge in [0.1, 0.15) is 5.75 Å². The van der Waals surface area contributed by atoms with E-state index in [1.165, 1.54) is 11.3 Å². The summed E-state index contributed by atoms with van der Waals surface area (Å²) in [4.78, 5) is 15.0. The summed E-state index contributed by atoms with van der Waals surface area (Å²) in [6.45, 7) is 3.38. The van der Waals surface area contributed by atoms with Gasteiger partial charge in [-0.25, -0.2) is 4.68 Å². The van der Waals surface area contributed by atoms with E-state index < -0.39 is 0 Å². The van der Waals surface area contributed by atoms with E-state index in [0.29, 0.717) is 17.9 Å². The first kappa shape index (κ1) is 19.0. The second-order valence-corrected chi connectivity index (χ2v) is 7.31. The van der Waals surface area contributed by atoms with Gasteiger partial charge in [-0.3, -0.25) is 4.79 Å². The van der Waals surface area contributed by atoms with Crippen LogP contribution in [0.3, 0.4) is 0 Å². The molecule has 1 N–H and O–H groups in total. The normalized spacial score (nSPS) is 13.1. The van der Waals surface area contributed by atoms with E-state index in [-0.39, 0.29) is 5.91 Å². The van der Waals surface area contributed by atoms with Gasteiger partial charge in [-0.2, -0.15) is 0 Å². The Hall–Kier alpha value is -3.35. The molecule has 1 amide bonds. The molecule has 150 valence electrons. The second-order valence-electron chi connectivity index (χ2n) is 7.31. The first-order chi connectivity index (χ1) is 14.1. The van der Waals surface area contributed by atoms with Gasteiger partial charge in [0.25, 0.3) is 5.91 Å². The highest BCUT2D eigenvalue weighted by Crippen LogP contribution is 2.26. The summed E-state index contributed by atoms with van der Waals surface area (Å²) in [5, 5.41) is 11.2. The number of amides is 1. The smallest absolute Gasteiger partial charge is 0.274 e. The number of nitrogens with zero attached hydrogens (tertiary/aromatic N) is 4. The first-order valence-corrected chi connectivity index (χ1v) is 9.74. The lowest BCUT2D eigenvalue weighted by Crippen LogP contribution is -2.26. The minimum Gasteiger partial charge on any atom is -0.497 e. The number of carbonyl (C=O) groups is 1. The van der Waals surface area contributed by atoms with Crippen LogP contribution in [-0.4, -0.2) is 41.6 Å². The molecule has 1 aliphatic rings. The Labute approximate surface area is 170 Å². The topological polar surface area (TPSA) is 72.3 Å². The van der Waals surface area contributed by atoms with Crippen LogP contribution in [0.25, 0.3) is 5.69 Å². The summed E-state index contributed by atoms with van der Waals surface area (Å²) in [7, 11) is 3.73. The van der Waals surface area contributed by atoms with E-state index in [9.17, 15) is 4.79 Å². The van der Waals surface area contributed by atoms with Crippen LogP contribution in [0.4, 0.5) is 5.69 Å². The van der Waals surface area contributed by atoms with Gasteiger partial charge in [0.15, 0.2) is 5.69 Å². The Morgan fingerprint density at radius 1 is 1.24 bits per heavy atom. The number of methoxy groups -OCH3 is 1. The summed E-state index contributed by atoms with van der Waals surface area (Å²) < 4.78 is 6.91.